The summed E-state index contributed by atoms with van der Waals surface area (Å²) in [7, 11) is 6.47. The van der Waals surface area contributed by atoms with Crippen LogP contribution in [0.3, 0.4) is 0 Å². The number of hydrogen-bond acceptors (Lipinski definition) is 5. The first-order valence-corrected chi connectivity index (χ1v) is 8.03. The quantitative estimate of drug-likeness (QED) is 0.909. The third-order valence-corrected chi connectivity index (χ3v) is 5.35. The molecule has 1 aliphatic carbocycles. The smallest absolute Gasteiger partial charge is 0.112 e. The molecule has 4 nitrogen and oxygen atoms in total. The van der Waals surface area contributed by atoms with E-state index in [1.54, 1.807) is 0 Å². The summed E-state index contributed by atoms with van der Waals surface area (Å²) in [6.45, 7) is 4.38. The maximum Gasteiger partial charge on any atom is 0.112 e. The minimum Gasteiger partial charge on any atom is -0.315 e. The summed E-state index contributed by atoms with van der Waals surface area (Å²) in [5, 5.41) is 4.61. The van der Waals surface area contributed by atoms with Crippen LogP contribution in [0.1, 0.15) is 40.4 Å². The van der Waals surface area contributed by atoms with E-state index in [-0.39, 0.29) is 0 Å². The lowest BCUT2D eigenvalue weighted by atomic mass is 10.2. The number of likely N-dealkylation sites (N-methyl/N-ethyl adjacent to an activating group) is 2. The van der Waals surface area contributed by atoms with Crippen LogP contribution in [0.2, 0.25) is 0 Å². The number of nitrogens with one attached hydrogen (secondary N) is 1. The van der Waals surface area contributed by atoms with Crippen LogP contribution in [-0.2, 0) is 6.54 Å². The zero-order valence-corrected chi connectivity index (χ0v) is 13.0. The predicted molar refractivity (Wildman–Crippen MR) is 79.7 cm³/mol. The normalized spacial score (nSPS) is 25.9. The molecule has 2 heterocycles. The highest BCUT2D eigenvalue weighted by Gasteiger charge is 2.32. The Morgan fingerprint density at radius 3 is 2.79 bits per heavy atom. The fraction of sp³-hybridized carbons (Fsp3) is 0.786. The van der Waals surface area contributed by atoms with Crippen molar-refractivity contribution in [2.24, 2.45) is 0 Å². The van der Waals surface area contributed by atoms with E-state index in [1.165, 1.54) is 28.4 Å². The van der Waals surface area contributed by atoms with Gasteiger partial charge in [0.25, 0.3) is 0 Å². The van der Waals surface area contributed by atoms with E-state index in [1.807, 2.05) is 18.4 Å². The van der Waals surface area contributed by atoms with E-state index in [0.29, 0.717) is 6.04 Å². The number of hydrogen-bond donors (Lipinski definition) is 1. The van der Waals surface area contributed by atoms with Gasteiger partial charge in [0.05, 0.1) is 11.7 Å². The number of piperazine rings is 1. The van der Waals surface area contributed by atoms with Gasteiger partial charge < -0.3 is 10.2 Å². The van der Waals surface area contributed by atoms with Gasteiger partial charge in [0.15, 0.2) is 0 Å². The summed E-state index contributed by atoms with van der Waals surface area (Å²) >= 11 is 1.92. The second-order valence-corrected chi connectivity index (χ2v) is 7.04. The molecule has 1 N–H and O–H groups in total. The molecule has 2 aliphatic rings. The molecular formula is C14H24N4S. The van der Waals surface area contributed by atoms with Crippen LogP contribution < -0.4 is 5.32 Å². The van der Waals surface area contributed by atoms with Gasteiger partial charge in [-0.2, -0.15) is 0 Å². The lowest BCUT2D eigenvalue weighted by Crippen LogP contribution is -2.44. The summed E-state index contributed by atoms with van der Waals surface area (Å²) < 4.78 is 0. The standard InChI is InChI=1S/C14H24N4S/c1-15-8-12-13(10-4-5-10)16-14(19-12)11-9-17(2)6-7-18(11)3/h10-11,15H,4-9H2,1-3H3. The number of thiazole rings is 1. The van der Waals surface area contributed by atoms with Crippen molar-refractivity contribution in [1.82, 2.24) is 20.1 Å². The summed E-state index contributed by atoms with van der Waals surface area (Å²) in [5.74, 6) is 0.750. The summed E-state index contributed by atoms with van der Waals surface area (Å²) in [6, 6.07) is 0.479. The molecule has 1 aliphatic heterocycles. The molecule has 0 amide bonds. The molecule has 0 radical (unpaired) electrons. The lowest BCUT2D eigenvalue weighted by Gasteiger charge is -2.36. The molecule has 1 atom stereocenters. The number of aromatic nitrogens is 1. The Kier molecular flexibility index (Phi) is 3.89. The molecule has 2 fully saturated rings. The first kappa shape index (κ1) is 13.5. The van der Waals surface area contributed by atoms with E-state index in [9.17, 15) is 0 Å². The molecule has 1 saturated heterocycles. The molecule has 1 unspecified atom stereocenters. The van der Waals surface area contributed by atoms with Crippen LogP contribution in [0.25, 0.3) is 0 Å². The minimum atomic E-state index is 0.479. The lowest BCUT2D eigenvalue weighted by molar-refractivity contribution is 0.115. The highest BCUT2D eigenvalue weighted by atomic mass is 32.1. The summed E-state index contributed by atoms with van der Waals surface area (Å²) in [5.41, 5.74) is 1.39. The van der Waals surface area contributed by atoms with Crippen molar-refractivity contribution in [2.75, 3.05) is 40.8 Å². The Bertz CT molecular complexity index is 441. The van der Waals surface area contributed by atoms with Gasteiger partial charge >= 0.3 is 0 Å². The van der Waals surface area contributed by atoms with Crippen molar-refractivity contribution in [3.8, 4) is 0 Å². The number of rotatable bonds is 4. The van der Waals surface area contributed by atoms with Gasteiger partial charge in [0.1, 0.15) is 5.01 Å². The SMILES string of the molecule is CNCc1sc(C2CN(C)CCN2C)nc1C1CC1. The van der Waals surface area contributed by atoms with Gasteiger partial charge in [0.2, 0.25) is 0 Å². The van der Waals surface area contributed by atoms with Crippen LogP contribution in [0.5, 0.6) is 0 Å². The van der Waals surface area contributed by atoms with Crippen molar-refractivity contribution in [3.05, 3.63) is 15.6 Å². The van der Waals surface area contributed by atoms with E-state index in [4.69, 9.17) is 4.98 Å². The molecule has 1 aromatic rings. The van der Waals surface area contributed by atoms with Gasteiger partial charge in [-0.3, -0.25) is 4.90 Å². The topological polar surface area (TPSA) is 31.4 Å². The van der Waals surface area contributed by atoms with Crippen molar-refractivity contribution in [1.29, 1.82) is 0 Å². The Morgan fingerprint density at radius 1 is 1.32 bits per heavy atom. The average Bonchev–Trinajstić information content (AvgIpc) is 3.15. The predicted octanol–water partition coefficient (Wildman–Crippen LogP) is 1.66. The van der Waals surface area contributed by atoms with Crippen molar-refractivity contribution < 1.29 is 0 Å². The molecule has 106 valence electrons. The van der Waals surface area contributed by atoms with E-state index in [0.717, 1.165) is 32.1 Å². The monoisotopic (exact) mass is 280 g/mol. The fourth-order valence-corrected chi connectivity index (χ4v) is 4.09. The Labute approximate surface area is 119 Å². The van der Waals surface area contributed by atoms with Crippen LogP contribution in [0.15, 0.2) is 0 Å². The molecule has 19 heavy (non-hydrogen) atoms. The highest BCUT2D eigenvalue weighted by molar-refractivity contribution is 7.11. The zero-order chi connectivity index (χ0) is 13.4. The molecule has 0 bridgehead atoms. The second-order valence-electron chi connectivity index (χ2n) is 5.92. The van der Waals surface area contributed by atoms with Gasteiger partial charge in [-0.05, 0) is 34.0 Å². The van der Waals surface area contributed by atoms with Crippen LogP contribution in [-0.4, -0.2) is 55.6 Å². The van der Waals surface area contributed by atoms with E-state index in [2.05, 4.69) is 29.2 Å². The second kappa shape index (κ2) is 5.48. The molecular weight excluding hydrogens is 256 g/mol. The zero-order valence-electron chi connectivity index (χ0n) is 12.1. The van der Waals surface area contributed by atoms with Gasteiger partial charge in [-0.1, -0.05) is 0 Å². The molecule has 3 rings (SSSR count). The fourth-order valence-electron chi connectivity index (χ4n) is 2.76. The van der Waals surface area contributed by atoms with Crippen LogP contribution in [0, 0.1) is 0 Å². The van der Waals surface area contributed by atoms with Crippen molar-refractivity contribution in [3.63, 3.8) is 0 Å². The van der Waals surface area contributed by atoms with Crippen molar-refractivity contribution in [2.45, 2.75) is 31.3 Å². The highest BCUT2D eigenvalue weighted by Crippen LogP contribution is 2.44. The maximum absolute atomic E-state index is 5.01. The molecule has 0 aromatic carbocycles. The van der Waals surface area contributed by atoms with Gasteiger partial charge in [-0.15, -0.1) is 11.3 Å². The first-order valence-electron chi connectivity index (χ1n) is 7.22. The molecule has 1 aromatic heterocycles. The molecule has 1 saturated carbocycles. The average molecular weight is 280 g/mol. The maximum atomic E-state index is 5.01. The van der Waals surface area contributed by atoms with Gasteiger partial charge in [-0.25, -0.2) is 4.98 Å². The minimum absolute atomic E-state index is 0.479. The van der Waals surface area contributed by atoms with E-state index >= 15 is 0 Å². The van der Waals surface area contributed by atoms with E-state index < -0.39 is 0 Å². The van der Waals surface area contributed by atoms with Crippen molar-refractivity contribution >= 4 is 11.3 Å². The molecule has 5 heteroatoms. The third kappa shape index (κ3) is 2.84. The third-order valence-electron chi connectivity index (χ3n) is 4.18. The summed E-state index contributed by atoms with van der Waals surface area (Å²) in [6.07, 6.45) is 2.67. The Balaban J connectivity index is 1.84. The first-order chi connectivity index (χ1) is 9.19. The number of nitrogens with zero attached hydrogens (tertiary/aromatic N) is 3. The molecule has 0 spiro atoms. The Hall–Kier alpha value is -0.490. The largest absolute Gasteiger partial charge is 0.315 e. The van der Waals surface area contributed by atoms with Crippen LogP contribution >= 0.6 is 11.3 Å². The Morgan fingerprint density at radius 2 is 2.11 bits per heavy atom. The van der Waals surface area contributed by atoms with Crippen LogP contribution in [0.4, 0.5) is 0 Å². The summed E-state index contributed by atoms with van der Waals surface area (Å²) in [4.78, 5) is 11.3. The van der Waals surface area contributed by atoms with Gasteiger partial charge in [0, 0.05) is 37.0 Å².